The van der Waals surface area contributed by atoms with Crippen molar-refractivity contribution in [1.29, 1.82) is 5.26 Å². The van der Waals surface area contributed by atoms with Crippen LogP contribution in [0.25, 0.3) is 5.70 Å². The summed E-state index contributed by atoms with van der Waals surface area (Å²) in [6, 6.07) is 18.7. The zero-order valence-electron chi connectivity index (χ0n) is 20.1. The summed E-state index contributed by atoms with van der Waals surface area (Å²) < 4.78 is 5.42. The van der Waals surface area contributed by atoms with Crippen LogP contribution in [0.1, 0.15) is 44.7 Å². The summed E-state index contributed by atoms with van der Waals surface area (Å²) in [6.07, 6.45) is 0. The average molecular weight is 510 g/mol. The summed E-state index contributed by atoms with van der Waals surface area (Å²) in [7, 11) is 0. The number of hydrogen-bond acceptors (Lipinski definition) is 6. The van der Waals surface area contributed by atoms with Gasteiger partial charge in [0.2, 0.25) is 5.91 Å². The first-order chi connectivity index (χ1) is 16.7. The second-order valence-corrected chi connectivity index (χ2v) is 10.3. The monoisotopic (exact) mass is 509 g/mol. The minimum absolute atomic E-state index is 0.0941. The lowest BCUT2D eigenvalue weighted by molar-refractivity contribution is -0.138. The highest BCUT2D eigenvalue weighted by atomic mass is 35.5. The highest BCUT2D eigenvalue weighted by Gasteiger charge is 2.38. The first-order valence-corrected chi connectivity index (χ1v) is 12.6. The molecule has 0 unspecified atom stereocenters. The second-order valence-electron chi connectivity index (χ2n) is 8.90. The Morgan fingerprint density at radius 3 is 2.40 bits per heavy atom. The highest BCUT2D eigenvalue weighted by Crippen LogP contribution is 2.45. The topological polar surface area (TPSA) is 91.2 Å². The van der Waals surface area contributed by atoms with Crippen molar-refractivity contribution in [3.63, 3.8) is 0 Å². The lowest BCUT2D eigenvalue weighted by Crippen LogP contribution is -2.41. The molecule has 2 N–H and O–H groups in total. The number of carbonyl (C=O) groups is 2. The molecule has 0 fully saturated rings. The van der Waals surface area contributed by atoms with Crippen molar-refractivity contribution in [2.75, 3.05) is 12.4 Å². The molecule has 0 saturated carbocycles. The first-order valence-electron chi connectivity index (χ1n) is 11.2. The molecule has 1 aliphatic heterocycles. The van der Waals surface area contributed by atoms with Gasteiger partial charge in [0.25, 0.3) is 0 Å². The molecule has 0 bridgehead atoms. The third-order valence-corrected chi connectivity index (χ3v) is 6.45. The van der Waals surface area contributed by atoms with E-state index in [9.17, 15) is 14.9 Å². The molecule has 2 aromatic rings. The molecule has 182 valence electrons. The van der Waals surface area contributed by atoms with E-state index in [4.69, 9.17) is 16.3 Å². The number of dihydropyridines is 1. The number of benzene rings is 2. The van der Waals surface area contributed by atoms with Crippen molar-refractivity contribution in [1.82, 2.24) is 10.6 Å². The maximum absolute atomic E-state index is 13.3. The Morgan fingerprint density at radius 2 is 1.80 bits per heavy atom. The fourth-order valence-corrected chi connectivity index (χ4v) is 4.86. The minimum atomic E-state index is -0.766. The molecule has 1 amide bonds. The van der Waals surface area contributed by atoms with Crippen LogP contribution in [0.4, 0.5) is 0 Å². The minimum Gasteiger partial charge on any atom is -0.463 e. The fraction of sp³-hybridized carbons (Fsp3) is 0.296. The molecule has 0 spiro atoms. The van der Waals surface area contributed by atoms with Crippen molar-refractivity contribution >= 4 is 40.9 Å². The molecular weight excluding hydrogens is 482 g/mol. The lowest BCUT2D eigenvalue weighted by Gasteiger charge is -2.31. The number of carbonyl (C=O) groups excluding carboxylic acids is 2. The summed E-state index contributed by atoms with van der Waals surface area (Å²) in [6.45, 7) is 7.63. The molecular formula is C27H28ClN3O3S. The molecule has 0 saturated heterocycles. The summed E-state index contributed by atoms with van der Waals surface area (Å²) in [5, 5.41) is 17.4. The van der Waals surface area contributed by atoms with Crippen molar-refractivity contribution in [3.8, 4) is 6.07 Å². The van der Waals surface area contributed by atoms with E-state index in [0.29, 0.717) is 32.5 Å². The Hall–Kier alpha value is -3.21. The summed E-state index contributed by atoms with van der Waals surface area (Å²) in [5.41, 5.74) is 2.10. The van der Waals surface area contributed by atoms with Crippen LogP contribution in [-0.4, -0.2) is 29.8 Å². The van der Waals surface area contributed by atoms with Gasteiger partial charge in [0, 0.05) is 10.6 Å². The quantitative estimate of drug-likeness (QED) is 0.486. The van der Waals surface area contributed by atoms with Gasteiger partial charge in [-0.1, -0.05) is 71.9 Å². The van der Waals surface area contributed by atoms with Crippen LogP contribution in [0.5, 0.6) is 0 Å². The Labute approximate surface area is 215 Å². The van der Waals surface area contributed by atoms with Crippen molar-refractivity contribution < 1.29 is 14.3 Å². The third-order valence-electron chi connectivity index (χ3n) is 5.09. The van der Waals surface area contributed by atoms with Gasteiger partial charge in [-0.25, -0.2) is 4.79 Å². The maximum Gasteiger partial charge on any atom is 0.337 e. The summed E-state index contributed by atoms with van der Waals surface area (Å²) >= 11 is 7.78. The molecule has 2 aromatic carbocycles. The number of amides is 1. The van der Waals surface area contributed by atoms with Crippen LogP contribution >= 0.6 is 23.4 Å². The van der Waals surface area contributed by atoms with E-state index < -0.39 is 11.9 Å². The predicted molar refractivity (Wildman–Crippen MR) is 140 cm³/mol. The van der Waals surface area contributed by atoms with E-state index in [2.05, 4.69) is 16.7 Å². The van der Waals surface area contributed by atoms with E-state index >= 15 is 0 Å². The van der Waals surface area contributed by atoms with Gasteiger partial charge >= 0.3 is 5.97 Å². The maximum atomic E-state index is 13.3. The fourth-order valence-electron chi connectivity index (χ4n) is 3.77. The van der Waals surface area contributed by atoms with Gasteiger partial charge in [-0.3, -0.25) is 4.79 Å². The van der Waals surface area contributed by atoms with Gasteiger partial charge in [-0.2, -0.15) is 5.26 Å². The molecule has 0 aromatic heterocycles. The number of nitriles is 1. The van der Waals surface area contributed by atoms with Crippen molar-refractivity contribution in [2.45, 2.75) is 39.2 Å². The number of nitrogens with one attached hydrogen (secondary N) is 2. The number of ether oxygens (including phenoxy) is 1. The van der Waals surface area contributed by atoms with Gasteiger partial charge in [-0.15, -0.1) is 0 Å². The van der Waals surface area contributed by atoms with E-state index in [1.165, 1.54) is 11.8 Å². The standard InChI is InChI=1S/C27H28ClN3O3S/c1-5-34-26(33)23-22(18-13-9-10-14-20(18)28)19(15-29)25(35-16-21(32)31-27(2,3)4)30-24(23)17-11-7-6-8-12-17/h6-14,22,30H,5,16H2,1-4H3,(H,31,32)/t22-/m0/s1. The average Bonchev–Trinajstić information content (AvgIpc) is 2.81. The zero-order valence-corrected chi connectivity index (χ0v) is 21.7. The molecule has 3 rings (SSSR count). The van der Waals surface area contributed by atoms with E-state index in [1.54, 1.807) is 25.1 Å². The molecule has 0 radical (unpaired) electrons. The van der Waals surface area contributed by atoms with Crippen molar-refractivity contribution in [2.24, 2.45) is 0 Å². The van der Waals surface area contributed by atoms with Crippen LogP contribution < -0.4 is 10.6 Å². The lowest BCUT2D eigenvalue weighted by atomic mass is 9.81. The molecule has 6 nitrogen and oxygen atoms in total. The number of halogens is 1. The third kappa shape index (κ3) is 6.47. The molecule has 1 aliphatic rings. The zero-order chi connectivity index (χ0) is 25.6. The first kappa shape index (κ1) is 26.4. The second kappa shape index (κ2) is 11.5. The number of thioether (sulfide) groups is 1. The van der Waals surface area contributed by atoms with Gasteiger partial charge in [0.05, 0.1) is 46.2 Å². The molecule has 8 heteroatoms. The van der Waals surface area contributed by atoms with Crippen LogP contribution in [0.2, 0.25) is 5.02 Å². The van der Waals surface area contributed by atoms with E-state index in [1.807, 2.05) is 57.2 Å². The molecule has 35 heavy (non-hydrogen) atoms. The van der Waals surface area contributed by atoms with Crippen LogP contribution in [0.15, 0.2) is 70.8 Å². The number of rotatable bonds is 7. The summed E-state index contributed by atoms with van der Waals surface area (Å²) in [5.74, 6) is -1.37. The Bertz CT molecular complexity index is 1210. The van der Waals surface area contributed by atoms with Gasteiger partial charge in [0.15, 0.2) is 0 Å². The number of hydrogen-bond donors (Lipinski definition) is 2. The number of nitrogens with zero attached hydrogens (tertiary/aromatic N) is 1. The number of allylic oxidation sites excluding steroid dienone is 1. The Morgan fingerprint density at radius 1 is 1.14 bits per heavy atom. The largest absolute Gasteiger partial charge is 0.463 e. The van der Waals surface area contributed by atoms with Crippen LogP contribution in [0, 0.1) is 11.3 Å². The highest BCUT2D eigenvalue weighted by molar-refractivity contribution is 8.03. The Balaban J connectivity index is 2.18. The van der Waals surface area contributed by atoms with Gasteiger partial charge < -0.3 is 15.4 Å². The molecule has 1 heterocycles. The molecule has 0 aliphatic carbocycles. The van der Waals surface area contributed by atoms with Crippen LogP contribution in [-0.2, 0) is 14.3 Å². The Kier molecular flexibility index (Phi) is 8.66. The van der Waals surface area contributed by atoms with Crippen molar-refractivity contribution in [3.05, 3.63) is 86.9 Å². The van der Waals surface area contributed by atoms with Crippen LogP contribution in [0.3, 0.4) is 0 Å². The SMILES string of the molecule is CCOC(=O)C1=C(c2ccccc2)NC(SCC(=O)NC(C)(C)C)=C(C#N)[C@@H]1c1ccccc1Cl. The summed E-state index contributed by atoms with van der Waals surface area (Å²) in [4.78, 5) is 25.8. The van der Waals surface area contributed by atoms with Gasteiger partial charge in [0.1, 0.15) is 0 Å². The molecule has 1 atom stereocenters. The van der Waals surface area contributed by atoms with E-state index in [0.717, 1.165) is 5.56 Å². The van der Waals surface area contributed by atoms with Gasteiger partial charge in [-0.05, 0) is 44.9 Å². The smallest absolute Gasteiger partial charge is 0.337 e. The van der Waals surface area contributed by atoms with E-state index in [-0.39, 0.29) is 23.8 Å². The normalized spacial score (nSPS) is 15.8. The predicted octanol–water partition coefficient (Wildman–Crippen LogP) is 5.38. The number of esters is 1.